The third-order valence-corrected chi connectivity index (χ3v) is 4.77. The first-order chi connectivity index (χ1) is 14.1. The average molecular weight is 402 g/mol. The minimum absolute atomic E-state index is 0.0407. The summed E-state index contributed by atoms with van der Waals surface area (Å²) in [5.41, 5.74) is 4.87. The highest BCUT2D eigenvalue weighted by atomic mass is 16.5. The highest BCUT2D eigenvalue weighted by Crippen LogP contribution is 2.24. The van der Waals surface area contributed by atoms with Gasteiger partial charge < -0.3 is 10.5 Å². The maximum atomic E-state index is 12.5. The van der Waals surface area contributed by atoms with Crippen LogP contribution in [0.2, 0.25) is 0 Å². The van der Waals surface area contributed by atoms with Crippen molar-refractivity contribution < 1.29 is 9.53 Å². The molecule has 3 aromatic rings. The minimum atomic E-state index is -0.240. The molecule has 1 N–H and O–H groups in total. The van der Waals surface area contributed by atoms with Crippen molar-refractivity contribution in [3.63, 3.8) is 0 Å². The molecule has 3 rings (SSSR count). The lowest BCUT2D eigenvalue weighted by atomic mass is 9.87. The van der Waals surface area contributed by atoms with Crippen molar-refractivity contribution in [3.8, 4) is 0 Å². The van der Waals surface area contributed by atoms with Gasteiger partial charge in [0.1, 0.15) is 5.82 Å². The van der Waals surface area contributed by atoms with Gasteiger partial charge in [0.05, 0.1) is 0 Å². The quantitative estimate of drug-likeness (QED) is 0.271. The average Bonchev–Trinajstić information content (AvgIpc) is 2.67. The van der Waals surface area contributed by atoms with E-state index in [1.165, 1.54) is 11.8 Å². The zero-order chi connectivity index (χ0) is 21.9. The Kier molecular flexibility index (Phi) is 6.01. The van der Waals surface area contributed by atoms with Gasteiger partial charge in [-0.25, -0.2) is 4.98 Å². The molecule has 0 aliphatic carbocycles. The van der Waals surface area contributed by atoms with Gasteiger partial charge in [0.2, 0.25) is 5.69 Å². The number of hydrogen-bond acceptors (Lipinski definition) is 3. The Morgan fingerprint density at radius 3 is 2.20 bits per heavy atom. The summed E-state index contributed by atoms with van der Waals surface area (Å²) in [6, 6.07) is 18.3. The van der Waals surface area contributed by atoms with E-state index in [0.29, 0.717) is 22.6 Å². The molecular weight excluding hydrogens is 374 g/mol. The number of benzene rings is 2. The first kappa shape index (κ1) is 21.2. The highest BCUT2D eigenvalue weighted by Gasteiger charge is 2.14. The number of pyridine rings is 1. The number of carbonyl (C=O) groups excluding carboxylic acids is 1. The lowest BCUT2D eigenvalue weighted by molar-refractivity contribution is -0.354. The molecule has 0 radical (unpaired) electrons. The molecule has 0 unspecified atom stereocenters. The molecule has 0 saturated heterocycles. The van der Waals surface area contributed by atoms with Crippen LogP contribution >= 0.6 is 0 Å². The van der Waals surface area contributed by atoms with Crippen molar-refractivity contribution in [3.05, 3.63) is 93.8 Å². The van der Waals surface area contributed by atoms with E-state index in [1.54, 1.807) is 24.3 Å². The Hall–Kier alpha value is -3.47. The van der Waals surface area contributed by atoms with E-state index in [-0.39, 0.29) is 11.3 Å². The first-order valence-corrected chi connectivity index (χ1v) is 9.90. The molecule has 154 valence electrons. The Morgan fingerprint density at radius 2 is 1.63 bits per heavy atom. The van der Waals surface area contributed by atoms with Crippen LogP contribution in [0.4, 0.5) is 11.5 Å². The zero-order valence-corrected chi connectivity index (χ0v) is 18.1. The maximum Gasteiger partial charge on any atom is 0.256 e. The number of aromatic nitrogens is 1. The van der Waals surface area contributed by atoms with Gasteiger partial charge in [0.25, 0.3) is 5.91 Å². The summed E-state index contributed by atoms with van der Waals surface area (Å²) in [6.45, 7) is 10.3. The van der Waals surface area contributed by atoms with Crippen molar-refractivity contribution in [2.45, 2.75) is 40.0 Å². The van der Waals surface area contributed by atoms with Gasteiger partial charge in [-0.15, -0.1) is 0 Å². The van der Waals surface area contributed by atoms with Crippen LogP contribution in [0.5, 0.6) is 0 Å². The number of anilines is 1. The van der Waals surface area contributed by atoms with Crippen LogP contribution in [0.25, 0.3) is 0 Å². The largest absolute Gasteiger partial charge is 0.618 e. The third kappa shape index (κ3) is 5.32. The smallest absolute Gasteiger partial charge is 0.256 e. The van der Waals surface area contributed by atoms with E-state index in [9.17, 15) is 10.0 Å². The fourth-order valence-electron chi connectivity index (χ4n) is 3.13. The molecule has 2 aromatic carbocycles. The lowest BCUT2D eigenvalue weighted by Crippen LogP contribution is -2.13. The summed E-state index contributed by atoms with van der Waals surface area (Å²) in [6.07, 6.45) is 1.50. The summed E-state index contributed by atoms with van der Waals surface area (Å²) < 4.78 is 0.834. The molecule has 0 fully saturated rings. The molecular formula is C25H27N3O2. The zero-order valence-electron chi connectivity index (χ0n) is 18.1. The SMILES string of the molecule is Cc1cc(C)nc(NC(=O)c2ccc(/C=[N+](\[O-])c3ccc(C(C)(C)C)cc3)cc2)c1. The van der Waals surface area contributed by atoms with Crippen LogP contribution in [0.1, 0.15) is 53.5 Å². The summed E-state index contributed by atoms with van der Waals surface area (Å²) in [5, 5.41) is 15.3. The minimum Gasteiger partial charge on any atom is -0.618 e. The summed E-state index contributed by atoms with van der Waals surface area (Å²) in [5.74, 6) is 0.286. The molecule has 30 heavy (non-hydrogen) atoms. The first-order valence-electron chi connectivity index (χ1n) is 9.90. The van der Waals surface area contributed by atoms with Crippen LogP contribution in [-0.4, -0.2) is 21.8 Å². The molecule has 0 atom stereocenters. The lowest BCUT2D eigenvalue weighted by Gasteiger charge is -2.18. The molecule has 0 saturated carbocycles. The normalized spacial score (nSPS) is 12.0. The van der Waals surface area contributed by atoms with Gasteiger partial charge in [-0.05, 0) is 66.8 Å². The predicted molar refractivity (Wildman–Crippen MR) is 122 cm³/mol. The van der Waals surface area contributed by atoms with Crippen LogP contribution in [0.15, 0.2) is 60.7 Å². The second kappa shape index (κ2) is 8.49. The summed E-state index contributed by atoms with van der Waals surface area (Å²) in [7, 11) is 0. The number of nitrogens with one attached hydrogen (secondary N) is 1. The van der Waals surface area contributed by atoms with Gasteiger partial charge in [0.15, 0.2) is 6.21 Å². The van der Waals surface area contributed by atoms with E-state index < -0.39 is 0 Å². The number of aryl methyl sites for hydroxylation is 2. The van der Waals surface area contributed by atoms with Gasteiger partial charge in [0, 0.05) is 29.0 Å². The van der Waals surface area contributed by atoms with E-state index >= 15 is 0 Å². The molecule has 1 aromatic heterocycles. The molecule has 0 aliphatic rings. The summed E-state index contributed by atoms with van der Waals surface area (Å²) >= 11 is 0. The Balaban J connectivity index is 1.72. The van der Waals surface area contributed by atoms with E-state index in [1.807, 2.05) is 50.2 Å². The topological polar surface area (TPSA) is 68.1 Å². The molecule has 5 nitrogen and oxygen atoms in total. The van der Waals surface area contributed by atoms with Gasteiger partial charge in [-0.3, -0.25) is 4.79 Å². The van der Waals surface area contributed by atoms with Crippen LogP contribution < -0.4 is 5.32 Å². The number of carbonyl (C=O) groups is 1. The van der Waals surface area contributed by atoms with Crippen LogP contribution in [-0.2, 0) is 5.41 Å². The second-order valence-electron chi connectivity index (χ2n) is 8.50. The molecule has 1 heterocycles. The maximum absolute atomic E-state index is 12.5. The molecule has 0 spiro atoms. The fourth-order valence-corrected chi connectivity index (χ4v) is 3.13. The van der Waals surface area contributed by atoms with E-state index in [0.717, 1.165) is 16.0 Å². The number of amides is 1. The van der Waals surface area contributed by atoms with Gasteiger partial charge in [-0.1, -0.05) is 32.9 Å². The van der Waals surface area contributed by atoms with Crippen molar-refractivity contribution in [2.24, 2.45) is 0 Å². The Labute approximate surface area is 177 Å². The van der Waals surface area contributed by atoms with Gasteiger partial charge in [-0.2, -0.15) is 4.74 Å². The Bertz CT molecular complexity index is 1060. The van der Waals surface area contributed by atoms with Crippen LogP contribution in [0.3, 0.4) is 0 Å². The van der Waals surface area contributed by atoms with Crippen molar-refractivity contribution in [1.29, 1.82) is 0 Å². The van der Waals surface area contributed by atoms with Crippen molar-refractivity contribution in [1.82, 2.24) is 4.98 Å². The summed E-state index contributed by atoms with van der Waals surface area (Å²) in [4.78, 5) is 16.8. The van der Waals surface area contributed by atoms with Crippen molar-refractivity contribution in [2.75, 3.05) is 5.32 Å². The van der Waals surface area contributed by atoms with E-state index in [4.69, 9.17) is 0 Å². The van der Waals surface area contributed by atoms with Gasteiger partial charge >= 0.3 is 0 Å². The van der Waals surface area contributed by atoms with Crippen molar-refractivity contribution >= 4 is 23.6 Å². The highest BCUT2D eigenvalue weighted by molar-refractivity contribution is 6.04. The third-order valence-electron chi connectivity index (χ3n) is 4.77. The number of hydrogen-bond donors (Lipinski definition) is 1. The van der Waals surface area contributed by atoms with E-state index in [2.05, 4.69) is 31.1 Å². The molecule has 5 heteroatoms. The second-order valence-corrected chi connectivity index (χ2v) is 8.50. The number of nitrogens with zero attached hydrogens (tertiary/aromatic N) is 2. The molecule has 0 aliphatic heterocycles. The van der Waals surface area contributed by atoms with Crippen LogP contribution in [0, 0.1) is 19.1 Å². The molecule has 1 amide bonds. The number of rotatable bonds is 4. The Morgan fingerprint density at radius 1 is 1.00 bits per heavy atom. The fraction of sp³-hybridized carbons (Fsp3) is 0.240. The monoisotopic (exact) mass is 401 g/mol. The standard InChI is InChI=1S/C25H27N3O2/c1-17-14-18(2)26-23(15-17)27-24(29)20-8-6-19(7-9-20)16-28(30)22-12-10-21(11-13-22)25(3,4)5/h6-16H,1-5H3,(H,26,27,29)/b28-16-. The predicted octanol–water partition coefficient (Wildman–Crippen LogP) is 5.51. The molecule has 0 bridgehead atoms.